The van der Waals surface area contributed by atoms with E-state index in [4.69, 9.17) is 21.1 Å². The number of nitrogens with one attached hydrogen (secondary N) is 2. The number of urea groups is 1. The summed E-state index contributed by atoms with van der Waals surface area (Å²) >= 11 is 6.44. The zero-order valence-corrected chi connectivity index (χ0v) is 21.5. The summed E-state index contributed by atoms with van der Waals surface area (Å²) in [6.45, 7) is 3.48. The largest absolute Gasteiger partial charge is 0.490 e. The monoisotopic (exact) mass is 537 g/mol. The fourth-order valence-electron chi connectivity index (χ4n) is 3.72. The number of hydrogen-bond donors (Lipinski definition) is 2. The molecular formula is C28H25ClFN3O5. The van der Waals surface area contributed by atoms with Crippen molar-refractivity contribution in [3.05, 3.63) is 93.9 Å². The van der Waals surface area contributed by atoms with Crippen LogP contribution in [0.4, 0.5) is 14.9 Å². The number of imide groups is 1. The van der Waals surface area contributed by atoms with Crippen LogP contribution in [0, 0.1) is 12.7 Å². The fraction of sp³-hybridized carbons (Fsp3) is 0.179. The van der Waals surface area contributed by atoms with E-state index in [-0.39, 0.29) is 53.4 Å². The summed E-state index contributed by atoms with van der Waals surface area (Å²) in [5.41, 5.74) is 2.36. The minimum absolute atomic E-state index is 0.00371. The van der Waals surface area contributed by atoms with Gasteiger partial charge in [0.25, 0.3) is 11.8 Å². The average Bonchev–Trinajstić information content (AvgIpc) is 3.13. The summed E-state index contributed by atoms with van der Waals surface area (Å²) in [5, 5.41) is 5.39. The summed E-state index contributed by atoms with van der Waals surface area (Å²) in [7, 11) is 0. The molecule has 0 radical (unpaired) electrons. The third kappa shape index (κ3) is 6.30. The van der Waals surface area contributed by atoms with Gasteiger partial charge in [-0.25, -0.2) is 9.18 Å². The van der Waals surface area contributed by atoms with Gasteiger partial charge in [-0.3, -0.25) is 14.5 Å². The van der Waals surface area contributed by atoms with Crippen molar-refractivity contribution in [2.24, 2.45) is 0 Å². The van der Waals surface area contributed by atoms with E-state index in [1.807, 2.05) is 19.1 Å². The normalized spacial score (nSPS) is 14.0. The van der Waals surface area contributed by atoms with Crippen molar-refractivity contribution in [2.75, 3.05) is 18.5 Å². The highest BCUT2D eigenvalue weighted by atomic mass is 35.5. The third-order valence-electron chi connectivity index (χ3n) is 5.57. The number of carbonyl (C=O) groups is 3. The Hall–Kier alpha value is -4.37. The van der Waals surface area contributed by atoms with E-state index in [0.29, 0.717) is 11.3 Å². The topological polar surface area (TPSA) is 97.0 Å². The van der Waals surface area contributed by atoms with E-state index in [1.165, 1.54) is 30.3 Å². The second-order valence-electron chi connectivity index (χ2n) is 8.44. The van der Waals surface area contributed by atoms with Crippen LogP contribution in [0.2, 0.25) is 5.02 Å². The molecule has 0 saturated carbocycles. The molecular weight excluding hydrogens is 513 g/mol. The molecule has 2 N–H and O–H groups in total. The average molecular weight is 538 g/mol. The molecule has 3 aromatic rings. The van der Waals surface area contributed by atoms with Crippen molar-refractivity contribution in [3.63, 3.8) is 0 Å². The molecule has 4 rings (SSSR count). The number of amides is 4. The summed E-state index contributed by atoms with van der Waals surface area (Å²) < 4.78 is 25.3. The van der Waals surface area contributed by atoms with Crippen LogP contribution in [0.3, 0.4) is 0 Å². The molecule has 3 aromatic carbocycles. The summed E-state index contributed by atoms with van der Waals surface area (Å²) in [6, 6.07) is 15.7. The fourth-order valence-corrected chi connectivity index (χ4v) is 4.00. The maximum Gasteiger partial charge on any atom is 0.329 e. The predicted molar refractivity (Wildman–Crippen MR) is 141 cm³/mol. The number of ether oxygens (including phenoxy) is 2. The molecule has 1 aliphatic rings. The van der Waals surface area contributed by atoms with Crippen LogP contribution in [-0.4, -0.2) is 36.0 Å². The molecule has 0 atom stereocenters. The van der Waals surface area contributed by atoms with E-state index in [9.17, 15) is 18.8 Å². The van der Waals surface area contributed by atoms with Crippen LogP contribution in [0.5, 0.6) is 11.5 Å². The minimum atomic E-state index is -0.667. The van der Waals surface area contributed by atoms with Crippen molar-refractivity contribution in [1.82, 2.24) is 10.2 Å². The number of anilines is 1. The molecule has 0 unspecified atom stereocenters. The SMILES string of the molecule is CCOc1cc(/C=C2/NC(=O)N(Cc3ccccc3F)C2=O)cc(Cl)c1OCC(=O)Nc1ccc(C)cc1. The second-order valence-corrected chi connectivity index (χ2v) is 8.84. The summed E-state index contributed by atoms with van der Waals surface area (Å²) in [4.78, 5) is 38.6. The molecule has 1 fully saturated rings. The van der Waals surface area contributed by atoms with Crippen molar-refractivity contribution in [2.45, 2.75) is 20.4 Å². The predicted octanol–water partition coefficient (Wildman–Crippen LogP) is 5.30. The zero-order chi connectivity index (χ0) is 27.2. The first-order valence-electron chi connectivity index (χ1n) is 11.8. The molecule has 196 valence electrons. The van der Waals surface area contributed by atoms with Gasteiger partial charge in [0.2, 0.25) is 0 Å². The van der Waals surface area contributed by atoms with E-state index in [2.05, 4.69) is 10.6 Å². The number of halogens is 2. The van der Waals surface area contributed by atoms with Crippen LogP contribution < -0.4 is 20.1 Å². The first kappa shape index (κ1) is 26.7. The Morgan fingerprint density at radius 1 is 1.11 bits per heavy atom. The highest BCUT2D eigenvalue weighted by molar-refractivity contribution is 6.32. The number of aryl methyl sites for hydroxylation is 1. The van der Waals surface area contributed by atoms with E-state index in [0.717, 1.165) is 10.5 Å². The van der Waals surface area contributed by atoms with Crippen molar-refractivity contribution in [3.8, 4) is 11.5 Å². The second kappa shape index (κ2) is 11.8. The van der Waals surface area contributed by atoms with Gasteiger partial charge in [0.15, 0.2) is 18.1 Å². The molecule has 0 aromatic heterocycles. The lowest BCUT2D eigenvalue weighted by Gasteiger charge is -2.15. The lowest BCUT2D eigenvalue weighted by atomic mass is 10.1. The van der Waals surface area contributed by atoms with Crippen molar-refractivity contribution >= 4 is 41.2 Å². The Kier molecular flexibility index (Phi) is 8.28. The first-order valence-corrected chi connectivity index (χ1v) is 12.2. The van der Waals surface area contributed by atoms with Gasteiger partial charge in [-0.1, -0.05) is 47.5 Å². The maximum absolute atomic E-state index is 14.0. The van der Waals surface area contributed by atoms with Gasteiger partial charge in [0, 0.05) is 11.3 Å². The number of carbonyl (C=O) groups excluding carboxylic acids is 3. The molecule has 1 heterocycles. The standard InChI is InChI=1S/C28H25ClFN3O5/c1-3-37-24-14-18(12-21(29)26(24)38-16-25(34)31-20-10-8-17(2)9-11-20)13-23-27(35)33(28(36)32-23)15-19-6-4-5-7-22(19)30/h4-14H,3,15-16H2,1-2H3,(H,31,34)(H,32,36)/b23-13+. The minimum Gasteiger partial charge on any atom is -0.490 e. The van der Waals surface area contributed by atoms with Gasteiger partial charge in [-0.15, -0.1) is 0 Å². The highest BCUT2D eigenvalue weighted by Gasteiger charge is 2.34. The van der Waals surface area contributed by atoms with Crippen LogP contribution in [0.25, 0.3) is 6.08 Å². The van der Waals surface area contributed by atoms with Crippen LogP contribution in [-0.2, 0) is 16.1 Å². The van der Waals surface area contributed by atoms with Gasteiger partial charge in [0.05, 0.1) is 18.2 Å². The Labute approximate surface area is 224 Å². The Balaban J connectivity index is 1.49. The molecule has 1 saturated heterocycles. The highest BCUT2D eigenvalue weighted by Crippen LogP contribution is 2.37. The number of hydrogen-bond acceptors (Lipinski definition) is 5. The van der Waals surface area contributed by atoms with Crippen LogP contribution in [0.1, 0.15) is 23.6 Å². The van der Waals surface area contributed by atoms with Crippen molar-refractivity contribution < 1.29 is 28.2 Å². The molecule has 8 nitrogen and oxygen atoms in total. The number of nitrogens with zero attached hydrogens (tertiary/aromatic N) is 1. The Morgan fingerprint density at radius 3 is 2.55 bits per heavy atom. The van der Waals surface area contributed by atoms with Gasteiger partial charge in [-0.05, 0) is 55.8 Å². The maximum atomic E-state index is 14.0. The van der Waals surface area contributed by atoms with Gasteiger partial charge >= 0.3 is 6.03 Å². The van der Waals surface area contributed by atoms with E-state index in [1.54, 1.807) is 31.2 Å². The molecule has 0 spiro atoms. The molecule has 38 heavy (non-hydrogen) atoms. The molecule has 10 heteroatoms. The summed E-state index contributed by atoms with van der Waals surface area (Å²) in [5.74, 6) is -1.08. The quantitative estimate of drug-likeness (QED) is 0.285. The van der Waals surface area contributed by atoms with Crippen molar-refractivity contribution in [1.29, 1.82) is 0 Å². The summed E-state index contributed by atoms with van der Waals surface area (Å²) in [6.07, 6.45) is 1.43. The van der Waals surface area contributed by atoms with Gasteiger partial charge in [-0.2, -0.15) is 0 Å². The van der Waals surface area contributed by atoms with Gasteiger partial charge in [0.1, 0.15) is 11.5 Å². The van der Waals surface area contributed by atoms with Crippen LogP contribution >= 0.6 is 11.6 Å². The lowest BCUT2D eigenvalue weighted by Crippen LogP contribution is -2.30. The lowest BCUT2D eigenvalue weighted by molar-refractivity contribution is -0.123. The molecule has 4 amide bonds. The number of rotatable bonds is 9. The third-order valence-corrected chi connectivity index (χ3v) is 5.85. The molecule has 1 aliphatic heterocycles. The molecule has 0 aliphatic carbocycles. The van der Waals surface area contributed by atoms with E-state index < -0.39 is 17.8 Å². The van der Waals surface area contributed by atoms with E-state index >= 15 is 0 Å². The Morgan fingerprint density at radius 2 is 1.84 bits per heavy atom. The first-order chi connectivity index (χ1) is 18.2. The van der Waals surface area contributed by atoms with Crippen LogP contribution in [0.15, 0.2) is 66.4 Å². The molecule has 0 bridgehead atoms. The zero-order valence-electron chi connectivity index (χ0n) is 20.7. The Bertz CT molecular complexity index is 1410. The number of benzene rings is 3. The smallest absolute Gasteiger partial charge is 0.329 e. The van der Waals surface area contributed by atoms with Gasteiger partial charge < -0.3 is 20.1 Å².